The number of hydrogen-bond acceptors (Lipinski definition) is 2. The summed E-state index contributed by atoms with van der Waals surface area (Å²) in [5, 5.41) is 1.59. The van der Waals surface area contributed by atoms with Crippen molar-refractivity contribution in [3.8, 4) is 0 Å². The summed E-state index contributed by atoms with van der Waals surface area (Å²) in [4.78, 5) is 7.91. The summed E-state index contributed by atoms with van der Waals surface area (Å²) in [7, 11) is 0. The summed E-state index contributed by atoms with van der Waals surface area (Å²) in [6, 6.07) is 1.87. The molecule has 0 bridgehead atoms. The van der Waals surface area contributed by atoms with Crippen LogP contribution in [0.15, 0.2) is 10.5 Å². The molecule has 0 spiro atoms. The molecule has 0 unspecified atom stereocenters. The Morgan fingerprint density at radius 1 is 1.20 bits per heavy atom. The van der Waals surface area contributed by atoms with E-state index in [4.69, 9.17) is 34.8 Å². The monoisotopic (exact) mass is 324 g/mol. The lowest BCUT2D eigenvalue weighted by atomic mass is 10.2. The molecular weight excluding hydrogens is 322 g/mol. The molecular formula is C9H4BrCl3N2. The van der Waals surface area contributed by atoms with E-state index >= 15 is 0 Å². The second kappa shape index (κ2) is 4.06. The Balaban J connectivity index is 2.98. The zero-order valence-electron chi connectivity index (χ0n) is 7.48. The lowest BCUT2D eigenvalue weighted by Crippen LogP contribution is -1.90. The molecule has 0 aliphatic heterocycles. The fourth-order valence-corrected chi connectivity index (χ4v) is 2.30. The number of benzene rings is 1. The van der Waals surface area contributed by atoms with E-state index in [0.29, 0.717) is 21.1 Å². The second-order valence-electron chi connectivity index (χ2n) is 3.00. The third kappa shape index (κ3) is 1.94. The molecule has 2 aromatic rings. The molecule has 0 saturated carbocycles. The summed E-state index contributed by atoms with van der Waals surface area (Å²) in [5.41, 5.74) is 1.53. The van der Waals surface area contributed by atoms with Gasteiger partial charge in [-0.05, 0) is 46.1 Å². The molecule has 2 rings (SSSR count). The van der Waals surface area contributed by atoms with Gasteiger partial charge in [-0.2, -0.15) is 0 Å². The van der Waals surface area contributed by atoms with Gasteiger partial charge in [0.25, 0.3) is 0 Å². The van der Waals surface area contributed by atoms with Crippen molar-refractivity contribution in [2.75, 3.05) is 0 Å². The molecule has 1 aromatic heterocycles. The van der Waals surface area contributed by atoms with Gasteiger partial charge in [-0.25, -0.2) is 9.97 Å². The van der Waals surface area contributed by atoms with Gasteiger partial charge in [-0.3, -0.25) is 0 Å². The van der Waals surface area contributed by atoms with Crippen LogP contribution in [0.4, 0.5) is 0 Å². The van der Waals surface area contributed by atoms with E-state index in [9.17, 15) is 0 Å². The number of aromatic nitrogens is 2. The zero-order chi connectivity index (χ0) is 11.2. The molecule has 78 valence electrons. The van der Waals surface area contributed by atoms with Crippen molar-refractivity contribution >= 4 is 61.6 Å². The summed E-state index contributed by atoms with van der Waals surface area (Å²) >= 11 is 21.1. The van der Waals surface area contributed by atoms with Crippen molar-refractivity contribution in [3.05, 3.63) is 31.6 Å². The molecule has 2 nitrogen and oxygen atoms in total. The molecule has 0 aliphatic carbocycles. The Morgan fingerprint density at radius 3 is 2.53 bits per heavy atom. The third-order valence-electron chi connectivity index (χ3n) is 1.98. The highest BCUT2D eigenvalue weighted by Gasteiger charge is 2.12. The highest BCUT2D eigenvalue weighted by molar-refractivity contribution is 9.10. The van der Waals surface area contributed by atoms with Crippen LogP contribution in [0.25, 0.3) is 10.9 Å². The average Bonchev–Trinajstić information content (AvgIpc) is 2.17. The van der Waals surface area contributed by atoms with Crippen LogP contribution in [0.1, 0.15) is 5.56 Å². The SMILES string of the molecule is Cc1cc2c(Cl)nc(Cl)nc2c(Cl)c1Br. The summed E-state index contributed by atoms with van der Waals surface area (Å²) in [6.07, 6.45) is 0. The van der Waals surface area contributed by atoms with Gasteiger partial charge in [0.2, 0.25) is 5.28 Å². The fraction of sp³-hybridized carbons (Fsp3) is 0.111. The highest BCUT2D eigenvalue weighted by Crippen LogP contribution is 2.35. The van der Waals surface area contributed by atoms with Crippen LogP contribution >= 0.6 is 50.7 Å². The van der Waals surface area contributed by atoms with Crippen molar-refractivity contribution in [1.29, 1.82) is 0 Å². The first-order valence-electron chi connectivity index (χ1n) is 3.98. The van der Waals surface area contributed by atoms with Crippen molar-refractivity contribution in [2.24, 2.45) is 0 Å². The van der Waals surface area contributed by atoms with Crippen molar-refractivity contribution in [2.45, 2.75) is 6.92 Å². The van der Waals surface area contributed by atoms with Gasteiger partial charge in [0, 0.05) is 9.86 Å². The average molecular weight is 326 g/mol. The Hall–Kier alpha value is -0.0900. The minimum atomic E-state index is 0.0881. The van der Waals surface area contributed by atoms with Crippen molar-refractivity contribution in [3.63, 3.8) is 0 Å². The first-order valence-corrected chi connectivity index (χ1v) is 5.90. The largest absolute Gasteiger partial charge is 0.224 e. The van der Waals surface area contributed by atoms with E-state index in [1.807, 2.05) is 13.0 Å². The van der Waals surface area contributed by atoms with Gasteiger partial charge < -0.3 is 0 Å². The predicted molar refractivity (Wildman–Crippen MR) is 67.0 cm³/mol. The number of halogens is 4. The molecule has 6 heteroatoms. The van der Waals surface area contributed by atoms with Crippen LogP contribution in [-0.4, -0.2) is 9.97 Å². The van der Waals surface area contributed by atoms with Crippen molar-refractivity contribution in [1.82, 2.24) is 9.97 Å². The topological polar surface area (TPSA) is 25.8 Å². The van der Waals surface area contributed by atoms with E-state index in [0.717, 1.165) is 10.0 Å². The Labute approximate surface area is 110 Å². The molecule has 0 saturated heterocycles. The van der Waals surface area contributed by atoms with Crippen LogP contribution in [0, 0.1) is 6.92 Å². The van der Waals surface area contributed by atoms with E-state index in [1.54, 1.807) is 0 Å². The fourth-order valence-electron chi connectivity index (χ4n) is 1.27. The highest BCUT2D eigenvalue weighted by atomic mass is 79.9. The maximum Gasteiger partial charge on any atom is 0.224 e. The van der Waals surface area contributed by atoms with Gasteiger partial charge in [-0.1, -0.05) is 23.2 Å². The quantitative estimate of drug-likeness (QED) is 0.520. The number of fused-ring (bicyclic) bond motifs is 1. The lowest BCUT2D eigenvalue weighted by Gasteiger charge is -2.06. The minimum Gasteiger partial charge on any atom is -0.216 e. The molecule has 0 aliphatic rings. The molecule has 1 heterocycles. The summed E-state index contributed by atoms with van der Waals surface area (Å²) in [6.45, 7) is 1.92. The van der Waals surface area contributed by atoms with Crippen LogP contribution in [0.2, 0.25) is 15.5 Å². The number of nitrogens with zero attached hydrogens (tertiary/aromatic N) is 2. The molecule has 0 amide bonds. The Morgan fingerprint density at radius 2 is 1.87 bits per heavy atom. The van der Waals surface area contributed by atoms with Gasteiger partial charge in [-0.15, -0.1) is 0 Å². The van der Waals surface area contributed by atoms with Crippen LogP contribution in [0.5, 0.6) is 0 Å². The molecule has 15 heavy (non-hydrogen) atoms. The molecule has 0 atom stereocenters. The predicted octanol–water partition coefficient (Wildman–Crippen LogP) is 4.66. The first-order chi connectivity index (χ1) is 7.00. The third-order valence-corrected chi connectivity index (χ3v) is 4.05. The van der Waals surface area contributed by atoms with E-state index in [2.05, 4.69) is 25.9 Å². The smallest absolute Gasteiger partial charge is 0.216 e. The van der Waals surface area contributed by atoms with E-state index in [-0.39, 0.29) is 5.28 Å². The molecule has 1 aromatic carbocycles. The van der Waals surface area contributed by atoms with Gasteiger partial charge in [0.05, 0.1) is 10.5 Å². The zero-order valence-corrected chi connectivity index (χ0v) is 11.3. The number of aryl methyl sites for hydroxylation is 1. The van der Waals surface area contributed by atoms with Crippen molar-refractivity contribution < 1.29 is 0 Å². The standard InChI is InChI=1S/C9H4BrCl3N2/c1-3-2-4-7(6(11)5(3)10)14-9(13)15-8(4)12/h2H,1H3. The van der Waals surface area contributed by atoms with Gasteiger partial charge in [0.1, 0.15) is 5.15 Å². The second-order valence-corrected chi connectivity index (χ2v) is 4.87. The first kappa shape index (κ1) is 11.4. The van der Waals surface area contributed by atoms with Crippen LogP contribution in [0.3, 0.4) is 0 Å². The summed E-state index contributed by atoms with van der Waals surface area (Å²) < 4.78 is 0.794. The molecule has 0 N–H and O–H groups in total. The summed E-state index contributed by atoms with van der Waals surface area (Å²) in [5.74, 6) is 0. The normalized spacial score (nSPS) is 11.0. The maximum absolute atomic E-state index is 6.12. The minimum absolute atomic E-state index is 0.0881. The maximum atomic E-state index is 6.12. The Bertz CT molecular complexity index is 557. The Kier molecular flexibility index (Phi) is 3.08. The number of rotatable bonds is 0. The van der Waals surface area contributed by atoms with Crippen LogP contribution < -0.4 is 0 Å². The molecule has 0 fully saturated rings. The number of hydrogen-bond donors (Lipinski definition) is 0. The van der Waals surface area contributed by atoms with E-state index in [1.165, 1.54) is 0 Å². The van der Waals surface area contributed by atoms with Gasteiger partial charge >= 0.3 is 0 Å². The molecule has 0 radical (unpaired) electrons. The van der Waals surface area contributed by atoms with E-state index < -0.39 is 0 Å². The lowest BCUT2D eigenvalue weighted by molar-refractivity contribution is 1.22. The van der Waals surface area contributed by atoms with Gasteiger partial charge in [0.15, 0.2) is 0 Å². The van der Waals surface area contributed by atoms with Crippen LogP contribution in [-0.2, 0) is 0 Å².